The molecule has 0 radical (unpaired) electrons. The van der Waals surface area contributed by atoms with Gasteiger partial charge in [0.25, 0.3) is 0 Å². The van der Waals surface area contributed by atoms with Gasteiger partial charge in [-0.3, -0.25) is 0 Å². The number of nitroso groups, excluding NO2 is 2. The van der Waals surface area contributed by atoms with Crippen molar-refractivity contribution in [3.63, 3.8) is 0 Å². The molecule has 1 aromatic rings. The van der Waals surface area contributed by atoms with Crippen LogP contribution in [0.3, 0.4) is 0 Å². The number of hydrogen-bond acceptors (Lipinski definition) is 4. The van der Waals surface area contributed by atoms with E-state index in [1.807, 2.05) is 38.1 Å². The summed E-state index contributed by atoms with van der Waals surface area (Å²) in [5.41, 5.74) is 1.47. The van der Waals surface area contributed by atoms with Crippen LogP contribution in [0.2, 0.25) is 0 Å². The molecule has 0 saturated heterocycles. The first-order valence-electron chi connectivity index (χ1n) is 9.65. The SMILES string of the molecule is CC(C)CCC(C)N(N=O)c1ccc(N(N=O)C(C)CCC(C)C)cc1. The van der Waals surface area contributed by atoms with Crippen LogP contribution in [0, 0.1) is 21.6 Å². The van der Waals surface area contributed by atoms with Crippen molar-refractivity contribution in [2.75, 3.05) is 10.0 Å². The van der Waals surface area contributed by atoms with Gasteiger partial charge in [0.1, 0.15) is 0 Å². The molecule has 6 nitrogen and oxygen atoms in total. The van der Waals surface area contributed by atoms with E-state index in [-0.39, 0.29) is 12.1 Å². The zero-order chi connectivity index (χ0) is 19.7. The van der Waals surface area contributed by atoms with Crippen LogP contribution in [0.5, 0.6) is 0 Å². The quantitative estimate of drug-likeness (QED) is 0.323. The largest absolute Gasteiger partial charge is 0.227 e. The molecule has 0 aliphatic rings. The molecule has 0 amide bonds. The van der Waals surface area contributed by atoms with Gasteiger partial charge in [-0.15, -0.1) is 9.81 Å². The zero-order valence-corrected chi connectivity index (χ0v) is 17.1. The Labute approximate surface area is 157 Å². The second kappa shape index (κ2) is 10.9. The molecule has 0 fully saturated rings. The average Bonchev–Trinajstić information content (AvgIpc) is 2.60. The standard InChI is InChI=1S/C20H34N4O2/c1-15(2)7-9-17(5)23(21-25)19-11-13-20(14-12-19)24(22-26)18(6)10-8-16(3)4/h11-18H,7-10H2,1-6H3. The smallest absolute Gasteiger partial charge is 0.0630 e. The maximum atomic E-state index is 11.3. The Bertz CT molecular complexity index is 496. The zero-order valence-electron chi connectivity index (χ0n) is 17.1. The minimum absolute atomic E-state index is 0.0333. The summed E-state index contributed by atoms with van der Waals surface area (Å²) in [5.74, 6) is 1.18. The number of rotatable bonds is 12. The molecule has 0 saturated carbocycles. The van der Waals surface area contributed by atoms with Crippen LogP contribution in [-0.4, -0.2) is 12.1 Å². The van der Waals surface area contributed by atoms with Gasteiger partial charge in [-0.2, -0.15) is 0 Å². The number of hydrogen-bond donors (Lipinski definition) is 0. The highest BCUT2D eigenvalue weighted by Crippen LogP contribution is 2.27. The molecule has 26 heavy (non-hydrogen) atoms. The predicted molar refractivity (Wildman–Crippen MR) is 110 cm³/mol. The normalized spacial score (nSPS) is 13.5. The van der Waals surface area contributed by atoms with Gasteiger partial charge in [0.2, 0.25) is 0 Å². The van der Waals surface area contributed by atoms with Crippen molar-refractivity contribution < 1.29 is 0 Å². The summed E-state index contributed by atoms with van der Waals surface area (Å²) in [6.07, 6.45) is 3.89. The number of anilines is 2. The fourth-order valence-electron chi connectivity index (χ4n) is 2.92. The van der Waals surface area contributed by atoms with E-state index in [0.717, 1.165) is 37.1 Å². The lowest BCUT2D eigenvalue weighted by atomic mass is 10.0. The van der Waals surface area contributed by atoms with Crippen LogP contribution in [0.1, 0.15) is 67.2 Å². The molecule has 6 heteroatoms. The Balaban J connectivity index is 2.84. The molecule has 2 unspecified atom stereocenters. The van der Waals surface area contributed by atoms with E-state index in [2.05, 4.69) is 38.3 Å². The first-order valence-corrected chi connectivity index (χ1v) is 9.65. The van der Waals surface area contributed by atoms with Gasteiger partial charge in [0.15, 0.2) is 0 Å². The third kappa shape index (κ3) is 6.73. The van der Waals surface area contributed by atoms with Gasteiger partial charge in [-0.1, -0.05) is 27.7 Å². The van der Waals surface area contributed by atoms with Crippen molar-refractivity contribution in [3.8, 4) is 0 Å². The second-order valence-electron chi connectivity index (χ2n) is 8.01. The van der Waals surface area contributed by atoms with E-state index < -0.39 is 0 Å². The molecule has 146 valence electrons. The minimum atomic E-state index is 0.0333. The number of nitrogens with zero attached hydrogens (tertiary/aromatic N) is 4. The van der Waals surface area contributed by atoms with Crippen LogP contribution < -0.4 is 10.0 Å². The Morgan fingerprint density at radius 1 is 0.654 bits per heavy atom. The lowest BCUT2D eigenvalue weighted by molar-refractivity contribution is 0.493. The fraction of sp³-hybridized carbons (Fsp3) is 0.700. The lowest BCUT2D eigenvalue weighted by Crippen LogP contribution is -2.29. The van der Waals surface area contributed by atoms with Gasteiger partial charge >= 0.3 is 0 Å². The maximum Gasteiger partial charge on any atom is 0.0630 e. The van der Waals surface area contributed by atoms with Crippen LogP contribution in [-0.2, 0) is 0 Å². The lowest BCUT2D eigenvalue weighted by Gasteiger charge is -2.26. The fourth-order valence-corrected chi connectivity index (χ4v) is 2.92. The van der Waals surface area contributed by atoms with E-state index in [1.165, 1.54) is 10.0 Å². The molecule has 0 aromatic heterocycles. The van der Waals surface area contributed by atoms with Crippen molar-refractivity contribution >= 4 is 11.4 Å². The summed E-state index contributed by atoms with van der Waals surface area (Å²) in [7, 11) is 0. The molecule has 0 heterocycles. The van der Waals surface area contributed by atoms with Gasteiger partial charge in [-0.05, 0) is 75.6 Å². The van der Waals surface area contributed by atoms with Crippen molar-refractivity contribution in [3.05, 3.63) is 34.1 Å². The van der Waals surface area contributed by atoms with Crippen molar-refractivity contribution in [2.24, 2.45) is 22.4 Å². The summed E-state index contributed by atoms with van der Waals surface area (Å²) in [6, 6.07) is 7.38. The molecule has 1 aromatic carbocycles. The molecule has 0 aliphatic carbocycles. The Kier molecular flexibility index (Phi) is 9.24. The first kappa shape index (κ1) is 22.1. The van der Waals surface area contributed by atoms with Crippen LogP contribution in [0.4, 0.5) is 11.4 Å². The molecular weight excluding hydrogens is 328 g/mol. The summed E-state index contributed by atoms with van der Waals surface area (Å²) < 4.78 is 0. The van der Waals surface area contributed by atoms with Crippen molar-refractivity contribution in [2.45, 2.75) is 79.3 Å². The predicted octanol–water partition coefficient (Wildman–Crippen LogP) is 6.31. The van der Waals surface area contributed by atoms with Crippen LogP contribution >= 0.6 is 0 Å². The van der Waals surface area contributed by atoms with Crippen LogP contribution in [0.15, 0.2) is 34.8 Å². The molecule has 2 atom stereocenters. The monoisotopic (exact) mass is 362 g/mol. The van der Waals surface area contributed by atoms with E-state index in [4.69, 9.17) is 0 Å². The molecule has 0 N–H and O–H groups in total. The summed E-state index contributed by atoms with van der Waals surface area (Å²) in [5, 5.41) is 9.41. The first-order chi connectivity index (χ1) is 12.3. The third-order valence-corrected chi connectivity index (χ3v) is 4.71. The van der Waals surface area contributed by atoms with Gasteiger partial charge in [-0.25, -0.2) is 10.0 Å². The van der Waals surface area contributed by atoms with Gasteiger partial charge < -0.3 is 0 Å². The van der Waals surface area contributed by atoms with E-state index in [0.29, 0.717) is 11.8 Å². The third-order valence-electron chi connectivity index (χ3n) is 4.71. The highest BCUT2D eigenvalue weighted by molar-refractivity contribution is 5.56. The Morgan fingerprint density at radius 3 is 1.19 bits per heavy atom. The van der Waals surface area contributed by atoms with Crippen molar-refractivity contribution in [1.29, 1.82) is 0 Å². The van der Waals surface area contributed by atoms with Crippen molar-refractivity contribution in [1.82, 2.24) is 0 Å². The topological polar surface area (TPSA) is 65.3 Å². The number of benzene rings is 1. The Morgan fingerprint density at radius 2 is 0.962 bits per heavy atom. The molecular formula is C20H34N4O2. The van der Waals surface area contributed by atoms with Gasteiger partial charge in [0.05, 0.1) is 34.0 Å². The highest BCUT2D eigenvalue weighted by atomic mass is 16.3. The summed E-state index contributed by atoms with van der Waals surface area (Å²) in [6.45, 7) is 12.7. The summed E-state index contributed by atoms with van der Waals surface area (Å²) >= 11 is 0. The second-order valence-corrected chi connectivity index (χ2v) is 8.01. The van der Waals surface area contributed by atoms with Gasteiger partial charge in [0, 0.05) is 0 Å². The molecule has 1 rings (SSSR count). The highest BCUT2D eigenvalue weighted by Gasteiger charge is 2.19. The van der Waals surface area contributed by atoms with E-state index >= 15 is 0 Å². The molecule has 0 spiro atoms. The van der Waals surface area contributed by atoms with E-state index in [9.17, 15) is 9.81 Å². The summed E-state index contributed by atoms with van der Waals surface area (Å²) in [4.78, 5) is 22.6. The average molecular weight is 363 g/mol. The van der Waals surface area contributed by atoms with Crippen LogP contribution in [0.25, 0.3) is 0 Å². The Hall–Kier alpha value is -1.98. The molecule has 0 bridgehead atoms. The maximum absolute atomic E-state index is 11.3. The molecule has 0 aliphatic heterocycles. The van der Waals surface area contributed by atoms with E-state index in [1.54, 1.807) is 0 Å². The minimum Gasteiger partial charge on any atom is -0.227 e.